The summed E-state index contributed by atoms with van der Waals surface area (Å²) in [7, 11) is 1.76. The quantitative estimate of drug-likeness (QED) is 0.580. The van der Waals surface area contributed by atoms with Gasteiger partial charge in [-0.05, 0) is 35.1 Å². The first-order valence-electron chi connectivity index (χ1n) is 10.5. The van der Waals surface area contributed by atoms with Crippen LogP contribution in [0.3, 0.4) is 0 Å². The number of anilines is 1. The molecule has 1 aliphatic heterocycles. The molecule has 3 aromatic carbocycles. The third kappa shape index (κ3) is 3.75. The third-order valence-corrected chi connectivity index (χ3v) is 6.45. The molecule has 3 heteroatoms. The van der Waals surface area contributed by atoms with E-state index in [0.29, 0.717) is 6.04 Å². The maximum atomic E-state index is 5.59. The van der Waals surface area contributed by atoms with Crippen LogP contribution in [0.1, 0.15) is 11.1 Å². The van der Waals surface area contributed by atoms with Gasteiger partial charge in [-0.1, -0.05) is 72.8 Å². The van der Waals surface area contributed by atoms with E-state index < -0.39 is 0 Å². The van der Waals surface area contributed by atoms with Gasteiger partial charge in [0, 0.05) is 32.2 Å². The lowest BCUT2D eigenvalue weighted by Crippen LogP contribution is -2.34. The molecule has 3 nitrogen and oxygen atoms in total. The molecule has 29 heavy (non-hydrogen) atoms. The van der Waals surface area contributed by atoms with E-state index in [9.17, 15) is 0 Å². The number of hydrogen-bond donors (Lipinski definition) is 0. The summed E-state index contributed by atoms with van der Waals surface area (Å²) in [4.78, 5) is 5.20. The van der Waals surface area contributed by atoms with Crippen molar-refractivity contribution in [2.75, 3.05) is 25.1 Å². The van der Waals surface area contributed by atoms with Crippen molar-refractivity contribution in [2.45, 2.75) is 19.1 Å². The number of piperidine rings is 1. The summed E-state index contributed by atoms with van der Waals surface area (Å²) in [5.74, 6) is 2.47. The Labute approximate surface area is 173 Å². The van der Waals surface area contributed by atoms with E-state index in [1.54, 1.807) is 7.11 Å². The van der Waals surface area contributed by atoms with Gasteiger partial charge in [-0.3, -0.25) is 4.90 Å². The Hall–Kier alpha value is -2.78. The van der Waals surface area contributed by atoms with Crippen LogP contribution in [0.5, 0.6) is 5.75 Å². The van der Waals surface area contributed by atoms with Crippen LogP contribution in [0, 0.1) is 11.8 Å². The van der Waals surface area contributed by atoms with E-state index in [4.69, 9.17) is 4.74 Å². The largest absolute Gasteiger partial charge is 0.495 e. The zero-order valence-electron chi connectivity index (χ0n) is 16.9. The average Bonchev–Trinajstić information content (AvgIpc) is 3.27. The minimum absolute atomic E-state index is 0.668. The molecular formula is C26H28N2O. The van der Waals surface area contributed by atoms with Gasteiger partial charge in [0.05, 0.1) is 12.8 Å². The van der Waals surface area contributed by atoms with Gasteiger partial charge in [0.25, 0.3) is 0 Å². The minimum atomic E-state index is 0.668. The molecule has 1 saturated carbocycles. The van der Waals surface area contributed by atoms with Gasteiger partial charge in [-0.2, -0.15) is 0 Å². The Balaban J connectivity index is 1.31. The lowest BCUT2D eigenvalue weighted by atomic mass is 10.1. The lowest BCUT2D eigenvalue weighted by molar-refractivity contribution is 0.222. The summed E-state index contributed by atoms with van der Waals surface area (Å²) < 4.78 is 5.59. The molecule has 1 saturated heterocycles. The summed E-state index contributed by atoms with van der Waals surface area (Å²) in [5, 5.41) is 0. The highest BCUT2D eigenvalue weighted by Crippen LogP contribution is 2.51. The van der Waals surface area contributed by atoms with E-state index in [1.165, 1.54) is 16.8 Å². The predicted octanol–water partition coefficient (Wildman–Crippen LogP) is 4.83. The van der Waals surface area contributed by atoms with Crippen molar-refractivity contribution in [2.24, 2.45) is 11.8 Å². The molecule has 2 aliphatic rings. The topological polar surface area (TPSA) is 15.7 Å². The number of benzene rings is 3. The number of nitrogens with zero attached hydrogens (tertiary/aromatic N) is 2. The SMILES string of the molecule is COc1ccccc1N1CC2C(C1)C2N(Cc1ccccc1)Cc1ccccc1. The van der Waals surface area contributed by atoms with E-state index in [1.807, 2.05) is 6.07 Å². The monoisotopic (exact) mass is 384 g/mol. The average molecular weight is 385 g/mol. The fourth-order valence-electron chi connectivity index (χ4n) is 5.03. The Morgan fingerprint density at radius 3 is 1.83 bits per heavy atom. The Morgan fingerprint density at radius 1 is 0.759 bits per heavy atom. The second-order valence-corrected chi connectivity index (χ2v) is 8.27. The molecule has 1 aliphatic carbocycles. The first kappa shape index (κ1) is 18.3. The molecular weight excluding hydrogens is 356 g/mol. The van der Waals surface area contributed by atoms with Crippen molar-refractivity contribution in [1.82, 2.24) is 4.90 Å². The molecule has 0 amide bonds. The Bertz CT molecular complexity index is 890. The van der Waals surface area contributed by atoms with E-state index >= 15 is 0 Å². The molecule has 0 radical (unpaired) electrons. The Kier molecular flexibility index (Phi) is 4.99. The molecule has 0 spiro atoms. The zero-order valence-corrected chi connectivity index (χ0v) is 16.9. The summed E-state index contributed by atoms with van der Waals surface area (Å²) in [6.07, 6.45) is 0. The molecule has 2 atom stereocenters. The van der Waals surface area contributed by atoms with Crippen molar-refractivity contribution >= 4 is 5.69 Å². The van der Waals surface area contributed by atoms with Crippen LogP contribution in [-0.2, 0) is 13.1 Å². The summed E-state index contributed by atoms with van der Waals surface area (Å²) in [6.45, 7) is 4.27. The van der Waals surface area contributed by atoms with Gasteiger partial charge in [0.1, 0.15) is 5.75 Å². The fraction of sp³-hybridized carbons (Fsp3) is 0.308. The first-order valence-corrected chi connectivity index (χ1v) is 10.5. The second kappa shape index (κ2) is 7.92. The third-order valence-electron chi connectivity index (χ3n) is 6.45. The van der Waals surface area contributed by atoms with Crippen molar-refractivity contribution in [3.63, 3.8) is 0 Å². The van der Waals surface area contributed by atoms with Gasteiger partial charge in [-0.15, -0.1) is 0 Å². The fourth-order valence-corrected chi connectivity index (χ4v) is 5.03. The van der Waals surface area contributed by atoms with Crippen LogP contribution in [0.4, 0.5) is 5.69 Å². The number of ether oxygens (including phenoxy) is 1. The molecule has 3 aromatic rings. The zero-order chi connectivity index (χ0) is 19.6. The number of fused-ring (bicyclic) bond motifs is 1. The summed E-state index contributed by atoms with van der Waals surface area (Å²) >= 11 is 0. The number of hydrogen-bond acceptors (Lipinski definition) is 3. The molecule has 2 unspecified atom stereocenters. The van der Waals surface area contributed by atoms with Gasteiger partial charge >= 0.3 is 0 Å². The lowest BCUT2D eigenvalue weighted by Gasteiger charge is -2.29. The highest BCUT2D eigenvalue weighted by molar-refractivity contribution is 5.60. The smallest absolute Gasteiger partial charge is 0.142 e. The second-order valence-electron chi connectivity index (χ2n) is 8.27. The predicted molar refractivity (Wildman–Crippen MR) is 118 cm³/mol. The molecule has 0 bridgehead atoms. The number of para-hydroxylation sites is 2. The summed E-state index contributed by atoms with van der Waals surface area (Å²) in [5.41, 5.74) is 4.03. The van der Waals surface area contributed by atoms with Crippen LogP contribution >= 0.6 is 0 Å². The van der Waals surface area contributed by atoms with Crippen LogP contribution in [0.2, 0.25) is 0 Å². The highest BCUT2D eigenvalue weighted by atomic mass is 16.5. The number of methoxy groups -OCH3 is 1. The van der Waals surface area contributed by atoms with Crippen molar-refractivity contribution in [1.29, 1.82) is 0 Å². The van der Waals surface area contributed by atoms with Crippen molar-refractivity contribution < 1.29 is 4.74 Å². The van der Waals surface area contributed by atoms with E-state index in [0.717, 1.165) is 43.8 Å². The van der Waals surface area contributed by atoms with Gasteiger partial charge < -0.3 is 9.64 Å². The number of rotatable bonds is 7. The molecule has 148 valence electrons. The van der Waals surface area contributed by atoms with E-state index in [2.05, 4.69) is 88.7 Å². The van der Waals surface area contributed by atoms with E-state index in [-0.39, 0.29) is 0 Å². The van der Waals surface area contributed by atoms with Crippen LogP contribution in [-0.4, -0.2) is 31.1 Å². The Morgan fingerprint density at radius 2 is 1.28 bits per heavy atom. The summed E-state index contributed by atoms with van der Waals surface area (Å²) in [6, 6.07) is 30.8. The molecule has 1 heterocycles. The van der Waals surface area contributed by atoms with Crippen LogP contribution < -0.4 is 9.64 Å². The van der Waals surface area contributed by atoms with Crippen LogP contribution in [0.15, 0.2) is 84.9 Å². The van der Waals surface area contributed by atoms with Crippen LogP contribution in [0.25, 0.3) is 0 Å². The first-order chi connectivity index (χ1) is 14.3. The maximum absolute atomic E-state index is 5.59. The molecule has 5 rings (SSSR count). The van der Waals surface area contributed by atoms with Gasteiger partial charge in [-0.25, -0.2) is 0 Å². The molecule has 2 fully saturated rings. The van der Waals surface area contributed by atoms with Gasteiger partial charge in [0.15, 0.2) is 0 Å². The van der Waals surface area contributed by atoms with Crippen molar-refractivity contribution in [3.05, 3.63) is 96.1 Å². The standard InChI is InChI=1S/C26H28N2O/c1-29-25-15-9-8-14-24(25)27-18-22-23(19-27)26(22)28(16-20-10-4-2-5-11-20)17-21-12-6-3-7-13-21/h2-15,22-23,26H,16-19H2,1H3. The highest BCUT2D eigenvalue weighted by Gasteiger charge is 2.58. The normalized spacial score (nSPS) is 22.6. The molecule has 0 aromatic heterocycles. The maximum Gasteiger partial charge on any atom is 0.142 e. The van der Waals surface area contributed by atoms with Gasteiger partial charge in [0.2, 0.25) is 0 Å². The minimum Gasteiger partial charge on any atom is -0.495 e. The van der Waals surface area contributed by atoms with Crippen molar-refractivity contribution in [3.8, 4) is 5.75 Å². The molecule has 0 N–H and O–H groups in total.